The van der Waals surface area contributed by atoms with Gasteiger partial charge in [-0.3, -0.25) is 4.72 Å². The maximum absolute atomic E-state index is 12.6. The SMILES string of the molecule is CCOc1ccc(S(=O)(=O)Nc2ccc(N(CC)c3ccccc3)nc2)cc1. The molecular formula is C21H23N3O3S. The number of hydrogen-bond donors (Lipinski definition) is 1. The van der Waals surface area contributed by atoms with E-state index in [4.69, 9.17) is 4.74 Å². The van der Waals surface area contributed by atoms with E-state index in [1.165, 1.54) is 18.3 Å². The molecule has 0 aliphatic heterocycles. The fourth-order valence-electron chi connectivity index (χ4n) is 2.79. The van der Waals surface area contributed by atoms with E-state index < -0.39 is 10.0 Å². The Labute approximate surface area is 165 Å². The second-order valence-electron chi connectivity index (χ2n) is 5.99. The predicted octanol–water partition coefficient (Wildman–Crippen LogP) is 4.44. The van der Waals surface area contributed by atoms with Crippen molar-refractivity contribution < 1.29 is 13.2 Å². The van der Waals surface area contributed by atoms with E-state index in [1.807, 2.05) is 49.1 Å². The molecule has 0 aliphatic rings. The molecule has 1 N–H and O–H groups in total. The predicted molar refractivity (Wildman–Crippen MR) is 112 cm³/mol. The lowest BCUT2D eigenvalue weighted by atomic mass is 10.3. The molecule has 3 rings (SSSR count). The molecule has 0 saturated heterocycles. The molecule has 146 valence electrons. The normalized spacial score (nSPS) is 11.1. The van der Waals surface area contributed by atoms with Gasteiger partial charge in [-0.1, -0.05) is 18.2 Å². The first-order valence-corrected chi connectivity index (χ1v) is 10.6. The highest BCUT2D eigenvalue weighted by atomic mass is 32.2. The number of para-hydroxylation sites is 1. The fraction of sp³-hybridized carbons (Fsp3) is 0.190. The van der Waals surface area contributed by atoms with Crippen molar-refractivity contribution in [2.75, 3.05) is 22.8 Å². The first-order chi connectivity index (χ1) is 13.5. The third-order valence-electron chi connectivity index (χ3n) is 4.11. The summed E-state index contributed by atoms with van der Waals surface area (Å²) in [4.78, 5) is 6.63. The third-order valence-corrected chi connectivity index (χ3v) is 5.50. The number of rotatable bonds is 8. The van der Waals surface area contributed by atoms with Gasteiger partial charge in [-0.15, -0.1) is 0 Å². The van der Waals surface area contributed by atoms with Crippen LogP contribution in [0.25, 0.3) is 0 Å². The van der Waals surface area contributed by atoms with E-state index in [2.05, 4.69) is 9.71 Å². The van der Waals surface area contributed by atoms with Gasteiger partial charge in [0.2, 0.25) is 0 Å². The molecule has 0 bridgehead atoms. The Hall–Kier alpha value is -3.06. The summed E-state index contributed by atoms with van der Waals surface area (Å²) in [7, 11) is -3.70. The number of sulfonamides is 1. The Bertz CT molecular complexity index is 989. The summed E-state index contributed by atoms with van der Waals surface area (Å²) in [5.74, 6) is 1.38. The van der Waals surface area contributed by atoms with Crippen molar-refractivity contribution in [2.24, 2.45) is 0 Å². The summed E-state index contributed by atoms with van der Waals surface area (Å²) in [6.07, 6.45) is 1.52. The van der Waals surface area contributed by atoms with Gasteiger partial charge >= 0.3 is 0 Å². The highest BCUT2D eigenvalue weighted by Crippen LogP contribution is 2.25. The Balaban J connectivity index is 1.76. The molecule has 0 spiro atoms. The van der Waals surface area contributed by atoms with Gasteiger partial charge in [-0.25, -0.2) is 13.4 Å². The molecular weight excluding hydrogens is 374 g/mol. The van der Waals surface area contributed by atoms with Crippen molar-refractivity contribution in [1.82, 2.24) is 4.98 Å². The van der Waals surface area contributed by atoms with Crippen LogP contribution in [0.15, 0.2) is 77.8 Å². The van der Waals surface area contributed by atoms with Crippen LogP contribution >= 0.6 is 0 Å². The van der Waals surface area contributed by atoms with Crippen LogP contribution in [0.4, 0.5) is 17.2 Å². The molecule has 6 nitrogen and oxygen atoms in total. The van der Waals surface area contributed by atoms with E-state index in [9.17, 15) is 8.42 Å². The van der Waals surface area contributed by atoms with E-state index in [-0.39, 0.29) is 4.90 Å². The van der Waals surface area contributed by atoms with Gasteiger partial charge in [-0.2, -0.15) is 0 Å². The van der Waals surface area contributed by atoms with Crippen molar-refractivity contribution in [1.29, 1.82) is 0 Å². The minimum absolute atomic E-state index is 0.166. The minimum Gasteiger partial charge on any atom is -0.494 e. The molecule has 0 fully saturated rings. The topological polar surface area (TPSA) is 71.5 Å². The lowest BCUT2D eigenvalue weighted by Crippen LogP contribution is -2.17. The van der Waals surface area contributed by atoms with Crippen LogP contribution in [-0.2, 0) is 10.0 Å². The molecule has 0 radical (unpaired) electrons. The molecule has 1 heterocycles. The number of nitrogens with zero attached hydrogens (tertiary/aromatic N) is 2. The van der Waals surface area contributed by atoms with Crippen LogP contribution in [0.3, 0.4) is 0 Å². The molecule has 28 heavy (non-hydrogen) atoms. The van der Waals surface area contributed by atoms with Crippen molar-refractivity contribution in [2.45, 2.75) is 18.7 Å². The van der Waals surface area contributed by atoms with Crippen LogP contribution < -0.4 is 14.4 Å². The van der Waals surface area contributed by atoms with Crippen molar-refractivity contribution in [3.63, 3.8) is 0 Å². The molecule has 7 heteroatoms. The molecule has 0 atom stereocenters. The molecule has 0 amide bonds. The number of anilines is 3. The lowest BCUT2D eigenvalue weighted by molar-refractivity contribution is 0.340. The minimum atomic E-state index is -3.70. The van der Waals surface area contributed by atoms with Crippen LogP contribution in [-0.4, -0.2) is 26.6 Å². The highest BCUT2D eigenvalue weighted by molar-refractivity contribution is 7.92. The average Bonchev–Trinajstić information content (AvgIpc) is 2.71. The summed E-state index contributed by atoms with van der Waals surface area (Å²) < 4.78 is 33.1. The van der Waals surface area contributed by atoms with Crippen LogP contribution in [0, 0.1) is 0 Å². The maximum atomic E-state index is 12.6. The van der Waals surface area contributed by atoms with Gasteiger partial charge in [0, 0.05) is 12.2 Å². The fourth-order valence-corrected chi connectivity index (χ4v) is 3.83. The first kappa shape index (κ1) is 19.7. The molecule has 0 saturated carbocycles. The molecule has 2 aromatic carbocycles. The number of hydrogen-bond acceptors (Lipinski definition) is 5. The Kier molecular flexibility index (Phi) is 6.16. The number of aromatic nitrogens is 1. The van der Waals surface area contributed by atoms with E-state index in [0.717, 1.165) is 18.1 Å². The Morgan fingerprint density at radius 3 is 2.25 bits per heavy atom. The van der Waals surface area contributed by atoms with Gasteiger partial charge in [0.15, 0.2) is 0 Å². The van der Waals surface area contributed by atoms with Gasteiger partial charge in [0.1, 0.15) is 11.6 Å². The Morgan fingerprint density at radius 1 is 0.964 bits per heavy atom. The standard InChI is InChI=1S/C21H23N3O3S/c1-3-24(18-8-6-5-7-9-18)21-15-10-17(16-22-21)23-28(25,26)20-13-11-19(12-14-20)27-4-2/h5-16,23H,3-4H2,1-2H3. The van der Waals surface area contributed by atoms with Gasteiger partial charge in [0.25, 0.3) is 10.0 Å². The molecule has 0 unspecified atom stereocenters. The van der Waals surface area contributed by atoms with Crippen LogP contribution in [0.2, 0.25) is 0 Å². The monoisotopic (exact) mass is 397 g/mol. The third kappa shape index (κ3) is 4.61. The summed E-state index contributed by atoms with van der Waals surface area (Å²) in [5, 5.41) is 0. The number of nitrogens with one attached hydrogen (secondary N) is 1. The summed E-state index contributed by atoms with van der Waals surface area (Å²) in [5.41, 5.74) is 1.43. The summed E-state index contributed by atoms with van der Waals surface area (Å²) >= 11 is 0. The van der Waals surface area contributed by atoms with E-state index in [0.29, 0.717) is 18.0 Å². The lowest BCUT2D eigenvalue weighted by Gasteiger charge is -2.22. The van der Waals surface area contributed by atoms with Gasteiger partial charge in [-0.05, 0) is 62.4 Å². The van der Waals surface area contributed by atoms with E-state index >= 15 is 0 Å². The number of benzene rings is 2. The van der Waals surface area contributed by atoms with Crippen molar-refractivity contribution >= 4 is 27.2 Å². The summed E-state index contributed by atoms with van der Waals surface area (Å²) in [6, 6.07) is 19.7. The van der Waals surface area contributed by atoms with Crippen molar-refractivity contribution in [3.8, 4) is 5.75 Å². The highest BCUT2D eigenvalue weighted by Gasteiger charge is 2.15. The first-order valence-electron chi connectivity index (χ1n) is 9.08. The number of pyridine rings is 1. The molecule has 1 aromatic heterocycles. The molecule has 0 aliphatic carbocycles. The largest absolute Gasteiger partial charge is 0.494 e. The number of ether oxygens (including phenoxy) is 1. The van der Waals surface area contributed by atoms with Crippen LogP contribution in [0.5, 0.6) is 5.75 Å². The smallest absolute Gasteiger partial charge is 0.261 e. The zero-order valence-corrected chi connectivity index (χ0v) is 16.7. The maximum Gasteiger partial charge on any atom is 0.261 e. The summed E-state index contributed by atoms with van der Waals surface area (Å²) in [6.45, 7) is 5.19. The van der Waals surface area contributed by atoms with Crippen LogP contribution in [0.1, 0.15) is 13.8 Å². The van der Waals surface area contributed by atoms with Crippen molar-refractivity contribution in [3.05, 3.63) is 72.9 Å². The van der Waals surface area contributed by atoms with Gasteiger partial charge < -0.3 is 9.64 Å². The van der Waals surface area contributed by atoms with Gasteiger partial charge in [0.05, 0.1) is 23.4 Å². The second kappa shape index (κ2) is 8.75. The zero-order chi connectivity index (χ0) is 20.0. The zero-order valence-electron chi connectivity index (χ0n) is 15.9. The Morgan fingerprint density at radius 2 is 1.68 bits per heavy atom. The van der Waals surface area contributed by atoms with E-state index in [1.54, 1.807) is 24.3 Å². The molecule has 3 aromatic rings. The second-order valence-corrected chi connectivity index (χ2v) is 7.68. The average molecular weight is 398 g/mol. The quantitative estimate of drug-likeness (QED) is 0.608.